The summed E-state index contributed by atoms with van der Waals surface area (Å²) >= 11 is 0. The van der Waals surface area contributed by atoms with Gasteiger partial charge in [-0.1, -0.05) is 60.7 Å². The highest BCUT2D eigenvalue weighted by Crippen LogP contribution is 2.04. The molecule has 0 bridgehead atoms. The molecule has 0 aliphatic heterocycles. The van der Waals surface area contributed by atoms with Crippen LogP contribution in [0.3, 0.4) is 0 Å². The Morgan fingerprint density at radius 3 is 1.67 bits per heavy atom. The van der Waals surface area contributed by atoms with Gasteiger partial charge in [0.05, 0.1) is 13.2 Å². The fraction of sp³-hybridized carbons (Fsp3) is 0.143. The second-order valence-corrected chi connectivity index (χ2v) is 6.68. The van der Waals surface area contributed by atoms with Gasteiger partial charge in [0.25, 0.3) is 0 Å². The standard InChI is InChI=1S/C14H16O3Si/c15-11-12-17-18(16,13-7-3-1-4-8-13)14-9-5-2-6-10-14/h1-10,15-16H,11-12H2. The second kappa shape index (κ2) is 5.93. The zero-order valence-electron chi connectivity index (χ0n) is 9.99. The molecule has 0 amide bonds. The van der Waals surface area contributed by atoms with Gasteiger partial charge in [0.2, 0.25) is 0 Å². The molecule has 2 aromatic carbocycles. The smallest absolute Gasteiger partial charge is 0.404 e. The minimum absolute atomic E-state index is 0.102. The summed E-state index contributed by atoms with van der Waals surface area (Å²) in [5, 5.41) is 10.5. The molecule has 0 heterocycles. The lowest BCUT2D eigenvalue weighted by Crippen LogP contribution is -2.61. The van der Waals surface area contributed by atoms with Crippen molar-refractivity contribution < 1.29 is 14.3 Å². The van der Waals surface area contributed by atoms with Crippen LogP contribution in [0.1, 0.15) is 0 Å². The Morgan fingerprint density at radius 2 is 1.28 bits per heavy atom. The molecule has 0 fully saturated rings. The molecule has 0 spiro atoms. The minimum Gasteiger partial charge on any atom is -0.404 e. The van der Waals surface area contributed by atoms with Gasteiger partial charge >= 0.3 is 8.56 Å². The second-order valence-electron chi connectivity index (χ2n) is 3.95. The van der Waals surface area contributed by atoms with Crippen LogP contribution in [-0.2, 0) is 4.43 Å². The van der Waals surface area contributed by atoms with Crippen LogP contribution in [0.15, 0.2) is 60.7 Å². The van der Waals surface area contributed by atoms with E-state index < -0.39 is 8.56 Å². The zero-order valence-corrected chi connectivity index (χ0v) is 11.0. The van der Waals surface area contributed by atoms with Crippen LogP contribution in [0.4, 0.5) is 0 Å². The third kappa shape index (κ3) is 2.68. The number of hydrogen-bond acceptors (Lipinski definition) is 3. The molecule has 2 N–H and O–H groups in total. The number of aliphatic hydroxyl groups is 1. The summed E-state index contributed by atoms with van der Waals surface area (Å²) in [7, 11) is -3.18. The van der Waals surface area contributed by atoms with Crippen molar-refractivity contribution in [1.29, 1.82) is 0 Å². The van der Waals surface area contributed by atoms with Gasteiger partial charge in [-0.25, -0.2) is 0 Å². The SMILES string of the molecule is OCCO[Si](O)(c1ccccc1)c1ccccc1. The van der Waals surface area contributed by atoms with E-state index in [1.165, 1.54) is 0 Å². The van der Waals surface area contributed by atoms with Gasteiger partial charge in [-0.3, -0.25) is 0 Å². The fourth-order valence-electron chi connectivity index (χ4n) is 1.85. The van der Waals surface area contributed by atoms with Gasteiger partial charge in [-0.2, -0.15) is 0 Å². The summed E-state index contributed by atoms with van der Waals surface area (Å²) in [5.41, 5.74) is 0. The quantitative estimate of drug-likeness (QED) is 0.757. The van der Waals surface area contributed by atoms with Crippen molar-refractivity contribution in [3.05, 3.63) is 60.7 Å². The number of hydrogen-bond donors (Lipinski definition) is 2. The summed E-state index contributed by atoms with van der Waals surface area (Å²) < 4.78 is 5.60. The van der Waals surface area contributed by atoms with Crippen LogP contribution in [0.2, 0.25) is 0 Å². The highest BCUT2D eigenvalue weighted by atomic mass is 28.4. The van der Waals surface area contributed by atoms with Crippen molar-refractivity contribution in [3.8, 4) is 0 Å². The topological polar surface area (TPSA) is 49.7 Å². The molecule has 3 nitrogen and oxygen atoms in total. The average Bonchev–Trinajstić information content (AvgIpc) is 2.46. The molecular formula is C14H16O3Si. The van der Waals surface area contributed by atoms with Crippen molar-refractivity contribution in [1.82, 2.24) is 0 Å². The first-order valence-corrected chi connectivity index (χ1v) is 7.71. The Bertz CT molecular complexity index is 433. The highest BCUT2D eigenvalue weighted by Gasteiger charge is 2.38. The van der Waals surface area contributed by atoms with Gasteiger partial charge in [-0.05, 0) is 10.4 Å². The largest absolute Gasteiger partial charge is 0.404 e. The van der Waals surface area contributed by atoms with Gasteiger partial charge < -0.3 is 14.3 Å². The van der Waals surface area contributed by atoms with Crippen molar-refractivity contribution in [2.24, 2.45) is 0 Å². The molecule has 0 aliphatic carbocycles. The Morgan fingerprint density at radius 1 is 0.833 bits per heavy atom. The maximum absolute atomic E-state index is 10.9. The van der Waals surface area contributed by atoms with Crippen LogP contribution >= 0.6 is 0 Å². The van der Waals surface area contributed by atoms with Crippen LogP contribution in [0.25, 0.3) is 0 Å². The Labute approximate surface area is 108 Å². The van der Waals surface area contributed by atoms with Gasteiger partial charge in [0, 0.05) is 0 Å². The summed E-state index contributed by atoms with van der Waals surface area (Å²) in [6.07, 6.45) is 0. The third-order valence-corrected chi connectivity index (χ3v) is 5.59. The van der Waals surface area contributed by atoms with E-state index in [4.69, 9.17) is 9.53 Å². The molecule has 0 saturated heterocycles. The first-order valence-electron chi connectivity index (χ1n) is 5.85. The monoisotopic (exact) mass is 260 g/mol. The van der Waals surface area contributed by atoms with E-state index >= 15 is 0 Å². The Balaban J connectivity index is 2.41. The Kier molecular flexibility index (Phi) is 4.27. The van der Waals surface area contributed by atoms with Crippen LogP contribution in [-0.4, -0.2) is 31.7 Å². The lowest BCUT2D eigenvalue weighted by molar-refractivity contribution is 0.176. The van der Waals surface area contributed by atoms with Gasteiger partial charge in [0.1, 0.15) is 0 Å². The van der Waals surface area contributed by atoms with Crippen molar-refractivity contribution in [2.45, 2.75) is 0 Å². The molecule has 2 rings (SSSR count). The first kappa shape index (κ1) is 13.0. The predicted molar refractivity (Wildman–Crippen MR) is 73.2 cm³/mol. The van der Waals surface area contributed by atoms with E-state index in [0.29, 0.717) is 0 Å². The predicted octanol–water partition coefficient (Wildman–Crippen LogP) is 0.244. The third-order valence-electron chi connectivity index (χ3n) is 2.73. The van der Waals surface area contributed by atoms with Gasteiger partial charge in [0.15, 0.2) is 0 Å². The van der Waals surface area contributed by atoms with E-state index in [9.17, 15) is 4.80 Å². The molecule has 94 valence electrons. The normalized spacial score (nSPS) is 11.4. The summed E-state index contributed by atoms with van der Waals surface area (Å²) in [4.78, 5) is 10.9. The van der Waals surface area contributed by atoms with Crippen molar-refractivity contribution >= 4 is 18.9 Å². The van der Waals surface area contributed by atoms with Crippen molar-refractivity contribution in [2.75, 3.05) is 13.2 Å². The number of rotatable bonds is 5. The molecule has 0 atom stereocenters. The fourth-order valence-corrected chi connectivity index (χ4v) is 4.20. The maximum Gasteiger partial charge on any atom is 0.404 e. The average molecular weight is 260 g/mol. The lowest BCUT2D eigenvalue weighted by atomic mass is 10.4. The van der Waals surface area contributed by atoms with E-state index in [0.717, 1.165) is 10.4 Å². The molecule has 18 heavy (non-hydrogen) atoms. The molecule has 0 aromatic heterocycles. The molecule has 0 unspecified atom stereocenters. The first-order chi connectivity index (χ1) is 8.77. The summed E-state index contributed by atoms with van der Waals surface area (Å²) in [6, 6.07) is 18.7. The molecule has 0 radical (unpaired) electrons. The van der Waals surface area contributed by atoms with E-state index in [-0.39, 0.29) is 13.2 Å². The highest BCUT2D eigenvalue weighted by molar-refractivity contribution is 6.91. The lowest BCUT2D eigenvalue weighted by Gasteiger charge is -2.25. The maximum atomic E-state index is 10.9. The van der Waals surface area contributed by atoms with E-state index in [1.54, 1.807) is 0 Å². The Hall–Kier alpha value is -1.46. The van der Waals surface area contributed by atoms with E-state index in [1.807, 2.05) is 60.7 Å². The molecule has 4 heteroatoms. The molecular weight excluding hydrogens is 244 g/mol. The van der Waals surface area contributed by atoms with Gasteiger partial charge in [-0.15, -0.1) is 0 Å². The number of aliphatic hydroxyl groups excluding tert-OH is 1. The van der Waals surface area contributed by atoms with E-state index in [2.05, 4.69) is 0 Å². The minimum atomic E-state index is -3.18. The van der Waals surface area contributed by atoms with Crippen molar-refractivity contribution in [3.63, 3.8) is 0 Å². The number of benzene rings is 2. The molecule has 0 aliphatic rings. The van der Waals surface area contributed by atoms with Crippen LogP contribution in [0.5, 0.6) is 0 Å². The van der Waals surface area contributed by atoms with Crippen LogP contribution < -0.4 is 10.4 Å². The van der Waals surface area contributed by atoms with Crippen LogP contribution in [0, 0.1) is 0 Å². The zero-order chi connectivity index (χ0) is 12.8. The molecule has 2 aromatic rings. The summed E-state index contributed by atoms with van der Waals surface area (Å²) in [5.74, 6) is 0. The summed E-state index contributed by atoms with van der Waals surface area (Å²) in [6.45, 7) is 0.0293. The molecule has 0 saturated carbocycles.